The maximum Gasteiger partial charge on any atom is 0.269 e. The predicted molar refractivity (Wildman–Crippen MR) is 260 cm³/mol. The largest absolute Gasteiger partial charge is 0.369 e. The van der Waals surface area contributed by atoms with Crippen LogP contribution < -0.4 is 19.8 Å². The number of pyridine rings is 2. The Kier molecular flexibility index (Phi) is 11.2. The van der Waals surface area contributed by atoms with Crippen molar-refractivity contribution in [1.82, 2.24) is 39.0 Å². The SMILES string of the molecule is CN1CCN(c2cccc(N(c3nc4c(-c5ccccc5S(C)(=O)=O)cccn4n3)N(c3cccc(N4CCN(C)CC4)c3)c3nc4c(-c5ccccc5S(C)(=O)=O)cccn4n3)c2)CC1. The summed E-state index contributed by atoms with van der Waals surface area (Å²) in [6, 6.07) is 37.7. The van der Waals surface area contributed by atoms with Gasteiger partial charge in [0.05, 0.1) is 21.2 Å². The maximum atomic E-state index is 13.1. The summed E-state index contributed by atoms with van der Waals surface area (Å²) in [6.45, 7) is 7.05. The molecule has 0 spiro atoms. The van der Waals surface area contributed by atoms with E-state index in [-0.39, 0.29) is 21.7 Å². The summed E-state index contributed by atoms with van der Waals surface area (Å²) in [5.41, 5.74) is 6.55. The van der Waals surface area contributed by atoms with Crippen LogP contribution in [0.5, 0.6) is 0 Å². The van der Waals surface area contributed by atoms with E-state index in [4.69, 9.17) is 20.2 Å². The zero-order valence-corrected chi connectivity index (χ0v) is 38.8. The normalized spacial score (nSPS) is 15.5. The van der Waals surface area contributed by atoms with E-state index in [2.05, 4.69) is 58.0 Å². The number of piperazine rings is 2. The molecule has 338 valence electrons. The maximum absolute atomic E-state index is 13.1. The molecule has 16 nitrogen and oxygen atoms in total. The third-order valence-electron chi connectivity index (χ3n) is 12.3. The highest BCUT2D eigenvalue weighted by Crippen LogP contribution is 2.40. The van der Waals surface area contributed by atoms with Gasteiger partial charge in [0.15, 0.2) is 31.0 Å². The molecule has 4 aromatic carbocycles. The minimum absolute atomic E-state index is 0.184. The average Bonchev–Trinajstić information content (AvgIpc) is 3.96. The lowest BCUT2D eigenvalue weighted by Gasteiger charge is -2.37. The van der Waals surface area contributed by atoms with Crippen molar-refractivity contribution in [3.05, 3.63) is 134 Å². The Bertz CT molecular complexity index is 3100. The lowest BCUT2D eigenvalue weighted by molar-refractivity contribution is 0.313. The fourth-order valence-electron chi connectivity index (χ4n) is 8.83. The van der Waals surface area contributed by atoms with Crippen molar-refractivity contribution in [2.75, 3.05) is 98.8 Å². The van der Waals surface area contributed by atoms with Gasteiger partial charge in [-0.1, -0.05) is 48.5 Å². The van der Waals surface area contributed by atoms with E-state index in [0.29, 0.717) is 44.9 Å². The van der Waals surface area contributed by atoms with E-state index in [0.717, 1.165) is 63.7 Å². The van der Waals surface area contributed by atoms with Gasteiger partial charge in [0.25, 0.3) is 11.9 Å². The van der Waals surface area contributed by atoms with Crippen molar-refractivity contribution in [3.63, 3.8) is 0 Å². The number of likely N-dealkylation sites (N-methyl/N-ethyl adjacent to an activating group) is 2. The monoisotopic (exact) mass is 922 g/mol. The number of hydrogen-bond acceptors (Lipinski definition) is 14. The number of hydrogen-bond donors (Lipinski definition) is 0. The average molecular weight is 923 g/mol. The van der Waals surface area contributed by atoms with E-state index < -0.39 is 19.7 Å². The Labute approximate surface area is 384 Å². The van der Waals surface area contributed by atoms with Gasteiger partial charge < -0.3 is 19.6 Å². The van der Waals surface area contributed by atoms with Crippen molar-refractivity contribution < 1.29 is 16.8 Å². The molecular formula is C48H50N12O4S2. The number of fused-ring (bicyclic) bond motifs is 2. The molecule has 0 atom stereocenters. The molecule has 0 bridgehead atoms. The van der Waals surface area contributed by atoms with E-state index in [1.54, 1.807) is 57.8 Å². The summed E-state index contributed by atoms with van der Waals surface area (Å²) in [5, 5.41) is 14.1. The van der Waals surface area contributed by atoms with Crippen LogP contribution in [0.25, 0.3) is 33.5 Å². The third kappa shape index (κ3) is 8.32. The molecule has 10 rings (SSSR count). The summed E-state index contributed by atoms with van der Waals surface area (Å²) in [5.74, 6) is 0.530. The lowest BCUT2D eigenvalue weighted by Crippen LogP contribution is -2.44. The molecule has 0 amide bonds. The van der Waals surface area contributed by atoms with Crippen LogP contribution in [0.2, 0.25) is 0 Å². The van der Waals surface area contributed by atoms with Crippen LogP contribution in [-0.2, 0) is 19.7 Å². The Hall–Kier alpha value is -6.86. The fourth-order valence-corrected chi connectivity index (χ4v) is 10.6. The molecule has 2 aliphatic heterocycles. The van der Waals surface area contributed by atoms with Gasteiger partial charge >= 0.3 is 0 Å². The summed E-state index contributed by atoms with van der Waals surface area (Å²) >= 11 is 0. The first-order valence-electron chi connectivity index (χ1n) is 21.8. The van der Waals surface area contributed by atoms with Crippen molar-refractivity contribution in [1.29, 1.82) is 0 Å². The van der Waals surface area contributed by atoms with Crippen molar-refractivity contribution in [3.8, 4) is 22.3 Å². The number of sulfone groups is 2. The standard InChI is InChI=1S/C48H50N12O4S2/c1-53-25-29-55(30-26-53)35-13-9-15-37(33-35)59(47-49-45-41(19-11-23-57(45)51-47)39-17-5-7-21-43(39)65(3,61)62)60(38-16-10-14-36(34-38)56-31-27-54(2)28-32-56)48-50-46-42(20-12-24-58(46)52-48)40-18-6-8-22-44(40)66(4,63)64/h5-24,33-34H,25-32H2,1-4H3. The van der Waals surface area contributed by atoms with Crippen LogP contribution >= 0.6 is 0 Å². The summed E-state index contributed by atoms with van der Waals surface area (Å²) in [7, 11) is -2.96. The van der Waals surface area contributed by atoms with Crippen LogP contribution in [0.15, 0.2) is 144 Å². The molecule has 0 radical (unpaired) electrons. The van der Waals surface area contributed by atoms with Gasteiger partial charge in [-0.15, -0.1) is 10.2 Å². The van der Waals surface area contributed by atoms with Crippen LogP contribution in [0.3, 0.4) is 0 Å². The fraction of sp³-hybridized carbons (Fsp3) is 0.250. The van der Waals surface area contributed by atoms with Crippen LogP contribution in [0.4, 0.5) is 34.6 Å². The molecule has 6 heterocycles. The topological polar surface area (TPSA) is 148 Å². The van der Waals surface area contributed by atoms with Gasteiger partial charge in [-0.3, -0.25) is 0 Å². The zero-order chi connectivity index (χ0) is 45.7. The second-order valence-corrected chi connectivity index (χ2v) is 21.0. The Morgan fingerprint density at radius 2 is 0.833 bits per heavy atom. The van der Waals surface area contributed by atoms with Crippen LogP contribution in [0, 0.1) is 0 Å². The Balaban J connectivity index is 1.22. The molecule has 8 aromatic rings. The third-order valence-corrected chi connectivity index (χ3v) is 14.6. The highest BCUT2D eigenvalue weighted by atomic mass is 32.2. The molecule has 4 aromatic heterocycles. The second-order valence-electron chi connectivity index (χ2n) is 17.0. The Morgan fingerprint density at radius 3 is 1.23 bits per heavy atom. The van der Waals surface area contributed by atoms with Gasteiger partial charge in [-0.05, 0) is 86.9 Å². The first-order valence-corrected chi connectivity index (χ1v) is 25.6. The summed E-state index contributed by atoms with van der Waals surface area (Å²) < 4.78 is 55.9. The van der Waals surface area contributed by atoms with Gasteiger partial charge in [0.2, 0.25) is 0 Å². The minimum Gasteiger partial charge on any atom is -0.369 e. The smallest absolute Gasteiger partial charge is 0.269 e. The van der Waals surface area contributed by atoms with Crippen LogP contribution in [0.1, 0.15) is 0 Å². The van der Waals surface area contributed by atoms with E-state index in [1.807, 2.05) is 70.7 Å². The quantitative estimate of drug-likeness (QED) is 0.134. The van der Waals surface area contributed by atoms with E-state index in [1.165, 1.54) is 12.5 Å². The van der Waals surface area contributed by atoms with Gasteiger partial charge in [0.1, 0.15) is 0 Å². The molecule has 18 heteroatoms. The molecule has 2 saturated heterocycles. The number of rotatable bonds is 11. The molecule has 66 heavy (non-hydrogen) atoms. The first kappa shape index (κ1) is 43.1. The molecule has 0 aliphatic carbocycles. The van der Waals surface area contributed by atoms with E-state index >= 15 is 0 Å². The summed E-state index contributed by atoms with van der Waals surface area (Å²) in [4.78, 5) is 20.3. The van der Waals surface area contributed by atoms with Crippen molar-refractivity contribution >= 4 is 65.6 Å². The summed E-state index contributed by atoms with van der Waals surface area (Å²) in [6.07, 6.45) is 6.00. The van der Waals surface area contributed by atoms with Gasteiger partial charge in [-0.25, -0.2) is 35.9 Å². The molecule has 0 saturated carbocycles. The van der Waals surface area contributed by atoms with Crippen LogP contribution in [-0.4, -0.2) is 135 Å². The molecule has 0 N–H and O–H groups in total. The number of aromatic nitrogens is 6. The number of benzene rings is 4. The first-order chi connectivity index (χ1) is 31.8. The van der Waals surface area contributed by atoms with Gasteiger partial charge in [-0.2, -0.15) is 9.97 Å². The number of anilines is 6. The molecule has 2 fully saturated rings. The van der Waals surface area contributed by atoms with Crippen molar-refractivity contribution in [2.45, 2.75) is 9.79 Å². The van der Waals surface area contributed by atoms with Gasteiger partial charge in [0, 0.05) is 111 Å². The lowest BCUT2D eigenvalue weighted by atomic mass is 10.1. The number of hydrazine groups is 1. The molecule has 2 aliphatic rings. The highest BCUT2D eigenvalue weighted by Gasteiger charge is 2.31. The van der Waals surface area contributed by atoms with Crippen molar-refractivity contribution in [2.24, 2.45) is 0 Å². The minimum atomic E-state index is -3.61. The second kappa shape index (κ2) is 17.2. The molecular weight excluding hydrogens is 873 g/mol. The molecule has 0 unspecified atom stereocenters. The zero-order valence-electron chi connectivity index (χ0n) is 37.2. The Morgan fingerprint density at radius 1 is 0.455 bits per heavy atom. The number of nitrogens with zero attached hydrogens (tertiary/aromatic N) is 12. The highest BCUT2D eigenvalue weighted by molar-refractivity contribution is 7.91. The predicted octanol–water partition coefficient (Wildman–Crippen LogP) is 6.31. The van der Waals surface area contributed by atoms with E-state index in [9.17, 15) is 16.8 Å².